The fourth-order valence-corrected chi connectivity index (χ4v) is 12.8. The summed E-state index contributed by atoms with van der Waals surface area (Å²) in [6.07, 6.45) is -1.51. The molecule has 0 spiro atoms. The lowest BCUT2D eigenvalue weighted by atomic mass is 9.42. The Morgan fingerprint density at radius 3 is 1.87 bits per heavy atom. The molecule has 0 radical (unpaired) electrons. The Morgan fingerprint density at radius 1 is 0.691 bits per heavy atom. The molecule has 0 aromatic heterocycles. The third-order valence-electron chi connectivity index (χ3n) is 16.0. The predicted molar refractivity (Wildman–Crippen MR) is 193 cm³/mol. The van der Waals surface area contributed by atoms with E-state index in [1.54, 1.807) is 19.9 Å². The van der Waals surface area contributed by atoms with Crippen LogP contribution in [-0.4, -0.2) is 135 Å². The van der Waals surface area contributed by atoms with Gasteiger partial charge in [-0.3, -0.25) is 0 Å². The SMILES string of the molecule is C[C@H]1O[C@@H](O[C@@H]2[C@@H](O)C[C@@H](O[C@@H]3[C@@H](O)C[C@H](O[C@H]4CC[C@@]5(C)[C@H](CC[C@@H]6[C@@H]5C[C@@H](O)[C@]5(C)[C@@H](C7=CC(=O)OC7)CC[C@]65O)C4)O[C@@H]3C)O[C@@H]2C)C[C@H](O)[C@@H]1O. The van der Waals surface area contributed by atoms with Gasteiger partial charge in [0.1, 0.15) is 24.9 Å². The van der Waals surface area contributed by atoms with Crippen molar-refractivity contribution in [2.45, 2.75) is 197 Å². The van der Waals surface area contributed by atoms with Crippen LogP contribution in [0.4, 0.5) is 0 Å². The van der Waals surface area contributed by atoms with Crippen LogP contribution in [-0.2, 0) is 38.0 Å². The summed E-state index contributed by atoms with van der Waals surface area (Å²) >= 11 is 0. The van der Waals surface area contributed by atoms with E-state index in [1.165, 1.54) is 0 Å². The van der Waals surface area contributed by atoms with Gasteiger partial charge in [0.2, 0.25) is 0 Å². The maximum atomic E-state index is 12.6. The summed E-state index contributed by atoms with van der Waals surface area (Å²) in [4.78, 5) is 11.9. The van der Waals surface area contributed by atoms with Crippen molar-refractivity contribution in [3.63, 3.8) is 0 Å². The molecule has 0 amide bonds. The minimum Gasteiger partial charge on any atom is -0.458 e. The summed E-state index contributed by atoms with van der Waals surface area (Å²) in [5.74, 6) is 0.204. The van der Waals surface area contributed by atoms with E-state index in [-0.39, 0.29) is 61.1 Å². The van der Waals surface area contributed by atoms with Crippen molar-refractivity contribution in [1.29, 1.82) is 0 Å². The first-order chi connectivity index (χ1) is 26.0. The van der Waals surface area contributed by atoms with E-state index in [9.17, 15) is 35.4 Å². The number of cyclic esters (lactones) is 1. The summed E-state index contributed by atoms with van der Waals surface area (Å²) < 4.78 is 42.1. The van der Waals surface area contributed by atoms with Gasteiger partial charge in [-0.05, 0) is 107 Å². The maximum absolute atomic E-state index is 12.6. The van der Waals surface area contributed by atoms with Gasteiger partial charge in [0.25, 0.3) is 0 Å². The Hall–Kier alpha value is -1.27. The molecule has 8 aliphatic rings. The molecule has 0 bridgehead atoms. The number of carbonyl (C=O) groups is 1. The molecule has 4 saturated carbocycles. The lowest BCUT2D eigenvalue weighted by Gasteiger charge is -2.65. The highest BCUT2D eigenvalue weighted by atomic mass is 16.7. The zero-order valence-electron chi connectivity index (χ0n) is 32.9. The minimum atomic E-state index is -1.01. The van der Waals surface area contributed by atoms with Crippen LogP contribution in [0.15, 0.2) is 11.6 Å². The second-order valence-corrected chi connectivity index (χ2v) is 18.8. The summed E-state index contributed by atoms with van der Waals surface area (Å²) in [5.41, 5.74) is -0.892. The molecule has 4 heterocycles. The van der Waals surface area contributed by atoms with Crippen molar-refractivity contribution < 1.29 is 68.6 Å². The van der Waals surface area contributed by atoms with Crippen LogP contribution in [0.3, 0.4) is 0 Å². The topological polar surface area (TPSA) is 203 Å². The van der Waals surface area contributed by atoms with Gasteiger partial charge >= 0.3 is 5.97 Å². The van der Waals surface area contributed by atoms with Crippen LogP contribution in [0.1, 0.15) is 105 Å². The Kier molecular flexibility index (Phi) is 11.1. The number of fused-ring (bicyclic) bond motifs is 5. The first-order valence-corrected chi connectivity index (χ1v) is 20.9. The fraction of sp³-hybridized carbons (Fsp3) is 0.927. The van der Waals surface area contributed by atoms with E-state index in [1.807, 2.05) is 13.8 Å². The van der Waals surface area contributed by atoms with E-state index in [2.05, 4.69) is 6.92 Å². The van der Waals surface area contributed by atoms with Crippen molar-refractivity contribution in [2.75, 3.05) is 6.61 Å². The summed E-state index contributed by atoms with van der Waals surface area (Å²) in [6, 6.07) is 0. The molecule has 312 valence electrons. The Morgan fingerprint density at radius 2 is 1.29 bits per heavy atom. The van der Waals surface area contributed by atoms with Gasteiger partial charge in [-0.2, -0.15) is 0 Å². The minimum absolute atomic E-state index is 0.0452. The van der Waals surface area contributed by atoms with E-state index in [4.69, 9.17) is 33.2 Å². The van der Waals surface area contributed by atoms with Crippen LogP contribution in [0.25, 0.3) is 0 Å². The number of hydrogen-bond acceptors (Lipinski definition) is 14. The molecule has 3 saturated heterocycles. The Balaban J connectivity index is 0.837. The highest BCUT2D eigenvalue weighted by molar-refractivity contribution is 5.85. The smallest absolute Gasteiger partial charge is 0.331 e. The van der Waals surface area contributed by atoms with Crippen LogP contribution in [0, 0.1) is 34.5 Å². The molecule has 6 N–H and O–H groups in total. The Labute approximate surface area is 323 Å². The van der Waals surface area contributed by atoms with Crippen LogP contribution >= 0.6 is 0 Å². The van der Waals surface area contributed by atoms with Crippen molar-refractivity contribution in [3.8, 4) is 0 Å². The molecule has 21 atom stereocenters. The molecule has 4 aliphatic carbocycles. The standard InChI is InChI=1S/C41H64O14/c1-19-36(47)28(42)15-34(50-19)54-38-21(3)52-35(17-30(38)44)55-37-20(2)51-33(16-29(37)43)53-24-8-10-39(4)23(13-24)6-7-26-27(39)14-31(45)40(5)25(9-11-41(26,40)48)22-12-32(46)49-18-22/h12,19-21,23-31,33-38,42-45,47-48H,6-11,13-18H2,1-5H3/t19-,20-,21-,23-,24+,25-,26-,27+,28+,29+,30+,31-,33+,34+,35-,36-,37+,38+,39+,40+,41+/m1/s1. The predicted octanol–water partition coefficient (Wildman–Crippen LogP) is 2.22. The number of carbonyl (C=O) groups excluding carboxylic acids is 1. The zero-order valence-corrected chi connectivity index (χ0v) is 32.9. The highest BCUT2D eigenvalue weighted by Crippen LogP contribution is 2.70. The fourth-order valence-electron chi connectivity index (χ4n) is 12.8. The van der Waals surface area contributed by atoms with Gasteiger partial charge in [-0.1, -0.05) is 13.8 Å². The van der Waals surface area contributed by atoms with Crippen LogP contribution in [0.2, 0.25) is 0 Å². The maximum Gasteiger partial charge on any atom is 0.331 e. The first-order valence-electron chi connectivity index (χ1n) is 20.9. The van der Waals surface area contributed by atoms with Gasteiger partial charge < -0.3 is 63.8 Å². The Bertz CT molecular complexity index is 1410. The third-order valence-corrected chi connectivity index (χ3v) is 16.0. The molecular weight excluding hydrogens is 716 g/mol. The zero-order chi connectivity index (χ0) is 39.2. The van der Waals surface area contributed by atoms with E-state index in [0.29, 0.717) is 18.8 Å². The quantitative estimate of drug-likeness (QED) is 0.162. The number of esters is 1. The number of aliphatic hydroxyl groups excluding tert-OH is 5. The largest absolute Gasteiger partial charge is 0.458 e. The number of hydrogen-bond donors (Lipinski definition) is 6. The third kappa shape index (κ3) is 6.95. The average Bonchev–Trinajstić information content (AvgIpc) is 3.67. The second-order valence-electron chi connectivity index (χ2n) is 18.8. The van der Waals surface area contributed by atoms with Gasteiger partial charge in [0, 0.05) is 30.8 Å². The van der Waals surface area contributed by atoms with Gasteiger partial charge in [-0.15, -0.1) is 0 Å². The first kappa shape index (κ1) is 40.5. The summed E-state index contributed by atoms with van der Waals surface area (Å²) in [5, 5.41) is 66.9. The molecule has 55 heavy (non-hydrogen) atoms. The molecule has 0 aromatic carbocycles. The highest BCUT2D eigenvalue weighted by Gasteiger charge is 2.71. The van der Waals surface area contributed by atoms with E-state index < -0.39 is 90.9 Å². The van der Waals surface area contributed by atoms with Crippen molar-refractivity contribution in [3.05, 3.63) is 11.6 Å². The van der Waals surface area contributed by atoms with Crippen molar-refractivity contribution in [1.82, 2.24) is 0 Å². The molecule has 14 heteroatoms. The number of ether oxygens (including phenoxy) is 7. The summed E-state index contributed by atoms with van der Waals surface area (Å²) in [6.45, 7) is 9.90. The normalized spacial score (nSPS) is 55.5. The monoisotopic (exact) mass is 780 g/mol. The van der Waals surface area contributed by atoms with E-state index >= 15 is 0 Å². The molecular formula is C41H64O14. The van der Waals surface area contributed by atoms with Gasteiger partial charge in [0.05, 0.1) is 54.4 Å². The van der Waals surface area contributed by atoms with Crippen LogP contribution < -0.4 is 0 Å². The van der Waals surface area contributed by atoms with Gasteiger partial charge in [0.15, 0.2) is 18.9 Å². The lowest BCUT2D eigenvalue weighted by Crippen LogP contribution is -2.67. The number of rotatable bonds is 7. The average molecular weight is 781 g/mol. The molecule has 0 unspecified atom stereocenters. The molecule has 0 aromatic rings. The molecule has 14 nitrogen and oxygen atoms in total. The molecule has 7 fully saturated rings. The lowest BCUT2D eigenvalue weighted by molar-refractivity contribution is -0.336. The van der Waals surface area contributed by atoms with Gasteiger partial charge in [-0.25, -0.2) is 4.79 Å². The number of aliphatic hydroxyl groups is 6. The van der Waals surface area contributed by atoms with Crippen molar-refractivity contribution in [2.24, 2.45) is 34.5 Å². The van der Waals surface area contributed by atoms with E-state index in [0.717, 1.165) is 44.1 Å². The van der Waals surface area contributed by atoms with Crippen LogP contribution in [0.5, 0.6) is 0 Å². The molecule has 8 rings (SSSR count). The second kappa shape index (κ2) is 15.1. The van der Waals surface area contributed by atoms with Crippen molar-refractivity contribution >= 4 is 5.97 Å². The molecule has 4 aliphatic heterocycles. The summed E-state index contributed by atoms with van der Waals surface area (Å²) in [7, 11) is 0.